The lowest BCUT2D eigenvalue weighted by molar-refractivity contribution is 0.0941. The Morgan fingerprint density at radius 1 is 1.28 bits per heavy atom. The molecule has 7 heteroatoms. The van der Waals surface area contributed by atoms with Crippen molar-refractivity contribution >= 4 is 18.3 Å². The van der Waals surface area contributed by atoms with E-state index in [1.165, 1.54) is 0 Å². The first kappa shape index (κ1) is 21.0. The standard InChI is InChI=1S/C18H26N4O2.ClH/c1-4-11-24-16-13-22(15-9-7-6-8-10-15)21-17(16)18(23)20-12-14(3)19-5-2;/h6-10,13-14,19H,4-5,11-12H2,1-3H3,(H,20,23);1H/t14-;/m1./s1. The number of nitrogens with zero attached hydrogens (tertiary/aromatic N) is 2. The minimum Gasteiger partial charge on any atom is -0.489 e. The summed E-state index contributed by atoms with van der Waals surface area (Å²) in [5.41, 5.74) is 1.20. The predicted molar refractivity (Wildman–Crippen MR) is 102 cm³/mol. The van der Waals surface area contributed by atoms with Crippen LogP contribution in [0.3, 0.4) is 0 Å². The van der Waals surface area contributed by atoms with Crippen LogP contribution in [0.5, 0.6) is 5.75 Å². The fourth-order valence-electron chi connectivity index (χ4n) is 2.30. The predicted octanol–water partition coefficient (Wildman–Crippen LogP) is 2.81. The van der Waals surface area contributed by atoms with E-state index < -0.39 is 0 Å². The molecule has 0 spiro atoms. The number of hydrogen-bond acceptors (Lipinski definition) is 4. The van der Waals surface area contributed by atoms with Crippen molar-refractivity contribution in [2.75, 3.05) is 19.7 Å². The molecule has 25 heavy (non-hydrogen) atoms. The first-order valence-corrected chi connectivity index (χ1v) is 8.45. The Kier molecular flexibility index (Phi) is 9.02. The number of benzene rings is 1. The molecule has 0 fully saturated rings. The molecule has 0 aliphatic heterocycles. The maximum absolute atomic E-state index is 12.5. The van der Waals surface area contributed by atoms with E-state index in [0.717, 1.165) is 18.7 Å². The molecule has 0 bridgehead atoms. The average Bonchev–Trinajstić information content (AvgIpc) is 3.03. The topological polar surface area (TPSA) is 68.2 Å². The molecule has 6 nitrogen and oxygen atoms in total. The van der Waals surface area contributed by atoms with Crippen molar-refractivity contribution in [1.29, 1.82) is 0 Å². The number of amides is 1. The summed E-state index contributed by atoms with van der Waals surface area (Å²) in [4.78, 5) is 12.5. The summed E-state index contributed by atoms with van der Waals surface area (Å²) in [7, 11) is 0. The zero-order chi connectivity index (χ0) is 17.4. The number of carbonyl (C=O) groups is 1. The van der Waals surface area contributed by atoms with Crippen LogP contribution in [0.4, 0.5) is 0 Å². The molecule has 1 aromatic heterocycles. The number of halogens is 1. The summed E-state index contributed by atoms with van der Waals surface area (Å²) in [6.07, 6.45) is 2.63. The molecule has 0 radical (unpaired) electrons. The second-order valence-electron chi connectivity index (χ2n) is 5.64. The van der Waals surface area contributed by atoms with Crippen LogP contribution in [0.1, 0.15) is 37.7 Å². The lowest BCUT2D eigenvalue weighted by Crippen LogP contribution is -2.39. The Morgan fingerprint density at radius 2 is 2.00 bits per heavy atom. The largest absolute Gasteiger partial charge is 0.489 e. The number of aromatic nitrogens is 2. The van der Waals surface area contributed by atoms with Crippen LogP contribution in [-0.4, -0.2) is 41.4 Å². The van der Waals surface area contributed by atoms with E-state index in [2.05, 4.69) is 15.7 Å². The maximum atomic E-state index is 12.5. The van der Waals surface area contributed by atoms with Crippen LogP contribution in [0, 0.1) is 0 Å². The Balaban J connectivity index is 0.00000312. The third-order valence-corrected chi connectivity index (χ3v) is 3.50. The number of hydrogen-bond donors (Lipinski definition) is 2. The first-order chi connectivity index (χ1) is 11.7. The Morgan fingerprint density at radius 3 is 2.64 bits per heavy atom. The summed E-state index contributed by atoms with van der Waals surface area (Å²) in [6, 6.07) is 9.88. The normalized spacial score (nSPS) is 11.5. The molecular formula is C18H27ClN4O2. The number of para-hydroxylation sites is 1. The zero-order valence-electron chi connectivity index (χ0n) is 15.0. The fourth-order valence-corrected chi connectivity index (χ4v) is 2.30. The van der Waals surface area contributed by atoms with Gasteiger partial charge in [0, 0.05) is 12.6 Å². The van der Waals surface area contributed by atoms with Crippen LogP contribution in [-0.2, 0) is 0 Å². The Labute approximate surface area is 155 Å². The van der Waals surface area contributed by atoms with Crippen molar-refractivity contribution in [3.8, 4) is 11.4 Å². The van der Waals surface area contributed by atoms with Gasteiger partial charge in [0.15, 0.2) is 11.4 Å². The molecule has 0 saturated heterocycles. The van der Waals surface area contributed by atoms with E-state index >= 15 is 0 Å². The number of carbonyl (C=O) groups excluding carboxylic acids is 1. The lowest BCUT2D eigenvalue weighted by atomic mass is 10.3. The van der Waals surface area contributed by atoms with E-state index in [9.17, 15) is 4.79 Å². The molecule has 1 amide bonds. The van der Waals surface area contributed by atoms with Crippen LogP contribution < -0.4 is 15.4 Å². The van der Waals surface area contributed by atoms with Gasteiger partial charge in [-0.25, -0.2) is 4.68 Å². The van der Waals surface area contributed by atoms with Gasteiger partial charge in [-0.1, -0.05) is 32.0 Å². The van der Waals surface area contributed by atoms with Gasteiger partial charge < -0.3 is 15.4 Å². The van der Waals surface area contributed by atoms with Gasteiger partial charge >= 0.3 is 0 Å². The van der Waals surface area contributed by atoms with Crippen molar-refractivity contribution in [2.24, 2.45) is 0 Å². The van der Waals surface area contributed by atoms with Gasteiger partial charge in [0.1, 0.15) is 0 Å². The molecule has 2 rings (SSSR count). The molecule has 0 saturated carbocycles. The number of nitrogens with one attached hydrogen (secondary N) is 2. The number of likely N-dealkylation sites (N-methyl/N-ethyl adjacent to an activating group) is 1. The van der Waals surface area contributed by atoms with Gasteiger partial charge in [-0.15, -0.1) is 12.4 Å². The van der Waals surface area contributed by atoms with Crippen LogP contribution in [0.25, 0.3) is 5.69 Å². The maximum Gasteiger partial charge on any atom is 0.275 e. The monoisotopic (exact) mass is 366 g/mol. The molecule has 0 aliphatic rings. The van der Waals surface area contributed by atoms with Crippen molar-refractivity contribution in [3.63, 3.8) is 0 Å². The molecule has 1 heterocycles. The SMILES string of the molecule is CCCOc1cn(-c2ccccc2)nc1C(=O)NC[C@@H](C)NCC.Cl. The molecular weight excluding hydrogens is 340 g/mol. The second-order valence-corrected chi connectivity index (χ2v) is 5.64. The minimum absolute atomic E-state index is 0. The third-order valence-electron chi connectivity index (χ3n) is 3.50. The van der Waals surface area contributed by atoms with Crippen molar-refractivity contribution in [3.05, 3.63) is 42.2 Å². The summed E-state index contributed by atoms with van der Waals surface area (Å²) < 4.78 is 7.38. The highest BCUT2D eigenvalue weighted by molar-refractivity contribution is 5.95. The Hall–Kier alpha value is -2.05. The zero-order valence-corrected chi connectivity index (χ0v) is 15.8. The quantitative estimate of drug-likeness (QED) is 0.716. The Bertz CT molecular complexity index is 646. The van der Waals surface area contributed by atoms with Gasteiger partial charge in [0.2, 0.25) is 0 Å². The molecule has 138 valence electrons. The van der Waals surface area contributed by atoms with Gasteiger partial charge in [0.25, 0.3) is 5.91 Å². The first-order valence-electron chi connectivity index (χ1n) is 8.45. The molecule has 0 unspecified atom stereocenters. The highest BCUT2D eigenvalue weighted by Crippen LogP contribution is 2.20. The smallest absolute Gasteiger partial charge is 0.275 e. The highest BCUT2D eigenvalue weighted by atomic mass is 35.5. The second kappa shape index (κ2) is 10.7. The molecule has 2 N–H and O–H groups in total. The summed E-state index contributed by atoms with van der Waals surface area (Å²) >= 11 is 0. The minimum atomic E-state index is -0.222. The summed E-state index contributed by atoms with van der Waals surface area (Å²) in [6.45, 7) is 8.05. The number of ether oxygens (including phenoxy) is 1. The van der Waals surface area contributed by atoms with Gasteiger partial charge in [0.05, 0.1) is 18.5 Å². The van der Waals surface area contributed by atoms with Gasteiger partial charge in [-0.2, -0.15) is 5.10 Å². The van der Waals surface area contributed by atoms with Crippen molar-refractivity contribution in [2.45, 2.75) is 33.2 Å². The van der Waals surface area contributed by atoms with Crippen LogP contribution >= 0.6 is 12.4 Å². The van der Waals surface area contributed by atoms with Crippen molar-refractivity contribution in [1.82, 2.24) is 20.4 Å². The van der Waals surface area contributed by atoms with Crippen LogP contribution in [0.15, 0.2) is 36.5 Å². The van der Waals surface area contributed by atoms with E-state index in [4.69, 9.17) is 4.74 Å². The van der Waals surface area contributed by atoms with E-state index in [0.29, 0.717) is 24.6 Å². The third kappa shape index (κ3) is 6.07. The summed E-state index contributed by atoms with van der Waals surface area (Å²) in [5.74, 6) is 0.287. The van der Waals surface area contributed by atoms with E-state index in [-0.39, 0.29) is 24.4 Å². The van der Waals surface area contributed by atoms with Crippen molar-refractivity contribution < 1.29 is 9.53 Å². The van der Waals surface area contributed by atoms with E-state index in [1.54, 1.807) is 10.9 Å². The van der Waals surface area contributed by atoms with Gasteiger partial charge in [-0.05, 0) is 32.0 Å². The summed E-state index contributed by atoms with van der Waals surface area (Å²) in [5, 5.41) is 10.6. The lowest BCUT2D eigenvalue weighted by Gasteiger charge is -2.12. The average molecular weight is 367 g/mol. The number of rotatable bonds is 9. The fraction of sp³-hybridized carbons (Fsp3) is 0.444. The van der Waals surface area contributed by atoms with Gasteiger partial charge in [-0.3, -0.25) is 4.79 Å². The van der Waals surface area contributed by atoms with E-state index in [1.807, 2.05) is 51.1 Å². The molecule has 1 atom stereocenters. The van der Waals surface area contributed by atoms with Crippen LogP contribution in [0.2, 0.25) is 0 Å². The molecule has 0 aliphatic carbocycles. The molecule has 2 aromatic rings. The molecule has 1 aromatic carbocycles. The highest BCUT2D eigenvalue weighted by Gasteiger charge is 2.19.